The van der Waals surface area contributed by atoms with E-state index in [1.807, 2.05) is 44.2 Å². The van der Waals surface area contributed by atoms with Gasteiger partial charge in [-0.05, 0) is 35.4 Å². The maximum absolute atomic E-state index is 13.1. The molecule has 0 aliphatic carbocycles. The van der Waals surface area contributed by atoms with Crippen molar-refractivity contribution in [1.29, 1.82) is 5.53 Å². The van der Waals surface area contributed by atoms with Crippen molar-refractivity contribution in [2.45, 2.75) is 63.9 Å². The summed E-state index contributed by atoms with van der Waals surface area (Å²) in [4.78, 5) is 42.0. The van der Waals surface area contributed by atoms with Crippen LogP contribution in [0.1, 0.15) is 37.0 Å². The van der Waals surface area contributed by atoms with Crippen LogP contribution >= 0.6 is 0 Å². The molecular weight excluding hydrogens is 574 g/mol. The molecule has 0 saturated heterocycles. The Morgan fingerprint density at radius 1 is 0.953 bits per heavy atom. The van der Waals surface area contributed by atoms with E-state index in [0.717, 1.165) is 22.9 Å². The van der Waals surface area contributed by atoms with E-state index in [1.165, 1.54) is 0 Å². The highest BCUT2D eigenvalue weighted by atomic mass is 32.2. The summed E-state index contributed by atoms with van der Waals surface area (Å²) in [5, 5.41) is 22.2. The summed E-state index contributed by atoms with van der Waals surface area (Å²) in [7, 11) is -3.55. The number of sulfone groups is 1. The Bertz CT molecular complexity index is 1360. The van der Waals surface area contributed by atoms with Crippen LogP contribution in [0.25, 0.3) is 0 Å². The molecule has 4 atom stereocenters. The minimum absolute atomic E-state index is 0.0106. The molecule has 0 unspecified atom stereocenters. The summed E-state index contributed by atoms with van der Waals surface area (Å²) in [6.45, 7) is 3.62. The summed E-state index contributed by atoms with van der Waals surface area (Å²) >= 11 is 0. The van der Waals surface area contributed by atoms with Crippen molar-refractivity contribution in [3.05, 3.63) is 71.3 Å². The fourth-order valence-corrected chi connectivity index (χ4v) is 5.24. The van der Waals surface area contributed by atoms with Gasteiger partial charge in [0.2, 0.25) is 22.8 Å². The Morgan fingerprint density at radius 3 is 2.12 bits per heavy atom. The van der Waals surface area contributed by atoms with E-state index in [4.69, 9.17) is 11.3 Å². The Hall–Kier alpha value is -3.97. The molecule has 0 radical (unpaired) electrons. The molecule has 0 fully saturated rings. The van der Waals surface area contributed by atoms with Gasteiger partial charge in [0.1, 0.15) is 26.5 Å². The summed E-state index contributed by atoms with van der Waals surface area (Å²) in [5.41, 5.74) is 15.2. The quantitative estimate of drug-likeness (QED) is 0.108. The van der Waals surface area contributed by atoms with Crippen molar-refractivity contribution >= 4 is 27.6 Å². The molecule has 2 aromatic carbocycles. The highest BCUT2D eigenvalue weighted by molar-refractivity contribution is 7.90. The van der Waals surface area contributed by atoms with Gasteiger partial charge in [-0.1, -0.05) is 68.4 Å². The molecule has 0 bridgehead atoms. The first kappa shape index (κ1) is 35.2. The summed E-state index contributed by atoms with van der Waals surface area (Å²) < 4.78 is 23.6. The minimum Gasteiger partial charge on any atom is -0.390 e. The molecule has 7 N–H and O–H groups in total. The Kier molecular flexibility index (Phi) is 14.1. The van der Waals surface area contributed by atoms with Crippen LogP contribution in [-0.2, 0) is 43.6 Å². The van der Waals surface area contributed by atoms with E-state index in [0.29, 0.717) is 6.54 Å². The molecule has 13 nitrogen and oxygen atoms in total. The number of carbonyl (C=O) groups is 3. The summed E-state index contributed by atoms with van der Waals surface area (Å²) in [6, 6.07) is 13.3. The lowest BCUT2D eigenvalue weighted by Gasteiger charge is -2.25. The topological polar surface area (TPSA) is 218 Å². The zero-order chi connectivity index (χ0) is 32.0. The fraction of sp³-hybridized carbons (Fsp3) is 0.483. The molecule has 0 aromatic heterocycles. The molecule has 0 aliphatic rings. The number of benzene rings is 2. The normalized spacial score (nSPS) is 14.1. The Morgan fingerprint density at radius 2 is 1.56 bits per heavy atom. The molecule has 234 valence electrons. The lowest BCUT2D eigenvalue weighted by molar-refractivity contribution is -0.131. The number of hydrogen-bond acceptors (Lipinski definition) is 9. The number of aliphatic hydroxyl groups excluding tert-OH is 1. The Balaban J connectivity index is 2.08. The number of rotatable bonds is 17. The first-order valence-electron chi connectivity index (χ1n) is 13.9. The second-order valence-corrected chi connectivity index (χ2v) is 13.1. The average Bonchev–Trinajstić information content (AvgIpc) is 2.94. The van der Waals surface area contributed by atoms with Crippen molar-refractivity contribution in [1.82, 2.24) is 20.9 Å². The summed E-state index contributed by atoms with van der Waals surface area (Å²) in [5.74, 6) is -2.40. The van der Waals surface area contributed by atoms with Crippen molar-refractivity contribution in [2.75, 3.05) is 18.6 Å². The van der Waals surface area contributed by atoms with Gasteiger partial charge in [-0.2, -0.15) is 0 Å². The van der Waals surface area contributed by atoms with E-state index in [2.05, 4.69) is 26.0 Å². The van der Waals surface area contributed by atoms with E-state index in [1.54, 1.807) is 24.3 Å². The minimum atomic E-state index is -3.55. The standard InChI is InChI=1S/C29H41N7O6S/c1-19(2)13-24(34-29(40)25(35-36-31)15-20-7-5-4-6-8-20)28(39)32-17-27(38)33-23(26(37)18-43(3,41)42)14-21-9-11-22(16-30)12-10-21/h4-12,19,23-26,31,37H,13-18,30H2,1-3H3,(H2-,32,33,34,38,39,40)/p+1/t23-,24-,25-,26-/m0/s1. The number of amides is 3. The smallest absolute Gasteiger partial charge is 0.253 e. The highest BCUT2D eigenvalue weighted by Crippen LogP contribution is 2.11. The first-order valence-corrected chi connectivity index (χ1v) is 16.0. The second kappa shape index (κ2) is 17.2. The lowest BCUT2D eigenvalue weighted by Crippen LogP contribution is -2.53. The predicted octanol–water partition coefficient (Wildman–Crippen LogP) is 0.387. The zero-order valence-electron chi connectivity index (χ0n) is 24.7. The largest absolute Gasteiger partial charge is 0.390 e. The van der Waals surface area contributed by atoms with Gasteiger partial charge in [0.15, 0.2) is 0 Å². The summed E-state index contributed by atoms with van der Waals surface area (Å²) in [6.07, 6.45) is 0.179. The molecule has 2 aromatic rings. The van der Waals surface area contributed by atoms with Gasteiger partial charge in [-0.15, -0.1) is 0 Å². The van der Waals surface area contributed by atoms with Crippen LogP contribution < -0.4 is 26.6 Å². The molecule has 0 saturated carbocycles. The van der Waals surface area contributed by atoms with Gasteiger partial charge >= 0.3 is 0 Å². The third-order valence-electron chi connectivity index (χ3n) is 6.53. The van der Waals surface area contributed by atoms with Crippen LogP contribution in [0.3, 0.4) is 0 Å². The predicted molar refractivity (Wildman–Crippen MR) is 161 cm³/mol. The van der Waals surface area contributed by atoms with E-state index in [9.17, 15) is 27.9 Å². The van der Waals surface area contributed by atoms with Crippen LogP contribution in [0.5, 0.6) is 0 Å². The lowest BCUT2D eigenvalue weighted by atomic mass is 10.0. The third-order valence-corrected chi connectivity index (χ3v) is 7.48. The van der Waals surface area contributed by atoms with Crippen LogP contribution in [0.15, 0.2) is 59.7 Å². The van der Waals surface area contributed by atoms with Crippen LogP contribution in [0, 0.1) is 11.4 Å². The number of nitrogens with one attached hydrogen (secondary N) is 4. The molecule has 3 amide bonds. The van der Waals surface area contributed by atoms with E-state index < -0.39 is 64.1 Å². The second-order valence-electron chi connectivity index (χ2n) is 10.9. The monoisotopic (exact) mass is 616 g/mol. The molecule has 14 heteroatoms. The SMILES string of the molecule is CC(C)C[C@H](NC(=O)[C@H](Cc1ccccc1)N=[N+]=N)C(=O)NCC(=O)N[C@@H](Cc1ccc(CN)cc1)[C@@H](O)CS(C)(=O)=O. The van der Waals surface area contributed by atoms with Crippen LogP contribution in [-0.4, -0.2) is 74.0 Å². The number of carbonyl (C=O) groups excluding carboxylic acids is 3. The fourth-order valence-electron chi connectivity index (χ4n) is 4.39. The van der Waals surface area contributed by atoms with E-state index in [-0.39, 0.29) is 25.2 Å². The molecule has 0 heterocycles. The van der Waals surface area contributed by atoms with Crippen molar-refractivity contribution in [3.63, 3.8) is 0 Å². The number of nitrogens with zero attached hydrogens (tertiary/aromatic N) is 2. The van der Waals surface area contributed by atoms with Gasteiger partial charge < -0.3 is 26.8 Å². The molecule has 43 heavy (non-hydrogen) atoms. The molecular formula is C29H42N7O6S+. The molecule has 0 aliphatic heterocycles. The van der Waals surface area contributed by atoms with Gasteiger partial charge in [0, 0.05) is 19.2 Å². The molecule has 2 rings (SSSR count). The highest BCUT2D eigenvalue weighted by Gasteiger charge is 2.30. The van der Waals surface area contributed by atoms with Crippen molar-refractivity contribution in [3.8, 4) is 0 Å². The zero-order valence-corrected chi connectivity index (χ0v) is 25.5. The first-order chi connectivity index (χ1) is 20.3. The van der Waals surface area contributed by atoms with Crippen LogP contribution in [0.4, 0.5) is 0 Å². The number of nitrogens with two attached hydrogens (primary N) is 1. The van der Waals surface area contributed by atoms with Crippen molar-refractivity contribution in [2.24, 2.45) is 16.8 Å². The third kappa shape index (κ3) is 13.3. The van der Waals surface area contributed by atoms with Gasteiger partial charge in [0.05, 0.1) is 24.4 Å². The maximum atomic E-state index is 13.1. The van der Waals surface area contributed by atoms with Gasteiger partial charge in [0.25, 0.3) is 5.91 Å². The maximum Gasteiger partial charge on any atom is 0.253 e. The average molecular weight is 617 g/mol. The number of aliphatic hydroxyl groups is 1. The Labute approximate surface area is 252 Å². The molecule has 0 spiro atoms. The number of hydrogen-bond donors (Lipinski definition) is 6. The van der Waals surface area contributed by atoms with Crippen LogP contribution in [0.2, 0.25) is 0 Å². The van der Waals surface area contributed by atoms with Crippen molar-refractivity contribution < 1.29 is 27.9 Å². The van der Waals surface area contributed by atoms with Gasteiger partial charge in [-0.25, -0.2) is 8.42 Å². The van der Waals surface area contributed by atoms with E-state index >= 15 is 0 Å². The van der Waals surface area contributed by atoms with Gasteiger partial charge in [-0.3, -0.25) is 14.4 Å².